The van der Waals surface area contributed by atoms with Crippen molar-refractivity contribution in [3.05, 3.63) is 53.8 Å². The maximum Gasteiger partial charge on any atom is 0.335 e. The summed E-state index contributed by atoms with van der Waals surface area (Å²) in [5, 5.41) is 11.8. The molecule has 0 radical (unpaired) electrons. The van der Waals surface area contributed by atoms with E-state index < -0.39 is 11.8 Å². The molecule has 0 aliphatic carbocycles. The van der Waals surface area contributed by atoms with Gasteiger partial charge in [0, 0.05) is 17.4 Å². The lowest BCUT2D eigenvalue weighted by Gasteiger charge is -2.09. The molecule has 5 heteroatoms. The molecule has 0 atom stereocenters. The lowest BCUT2D eigenvalue weighted by Crippen LogP contribution is -1.98. The summed E-state index contributed by atoms with van der Waals surface area (Å²) < 4.78 is 18.3. The Labute approximate surface area is 109 Å². The summed E-state index contributed by atoms with van der Waals surface area (Å²) in [5.74, 6) is -1.34. The van der Waals surface area contributed by atoms with E-state index in [0.717, 1.165) is 0 Å². The Hall–Kier alpha value is -2.56. The monoisotopic (exact) mass is 261 g/mol. The molecule has 0 aliphatic rings. The van der Waals surface area contributed by atoms with Crippen molar-refractivity contribution in [2.24, 2.45) is 0 Å². The first-order chi connectivity index (χ1) is 9.10. The van der Waals surface area contributed by atoms with Crippen LogP contribution in [-0.2, 0) is 0 Å². The number of carbonyl (C=O) groups is 1. The minimum absolute atomic E-state index is 0.157. The normalized spacial score (nSPS) is 10.0. The summed E-state index contributed by atoms with van der Waals surface area (Å²) in [5.41, 5.74) is 1.25. The summed E-state index contributed by atoms with van der Waals surface area (Å²) in [7, 11) is 1.39. The zero-order valence-electron chi connectivity index (χ0n) is 10.2. The van der Waals surface area contributed by atoms with Crippen molar-refractivity contribution >= 4 is 17.3 Å². The molecule has 2 aromatic rings. The van der Waals surface area contributed by atoms with Gasteiger partial charge in [-0.3, -0.25) is 0 Å². The first-order valence-corrected chi connectivity index (χ1v) is 5.54. The third kappa shape index (κ3) is 3.01. The van der Waals surface area contributed by atoms with Gasteiger partial charge in [0.05, 0.1) is 12.7 Å². The zero-order valence-corrected chi connectivity index (χ0v) is 10.2. The van der Waals surface area contributed by atoms with Crippen molar-refractivity contribution in [1.82, 2.24) is 0 Å². The van der Waals surface area contributed by atoms with Crippen LogP contribution in [0.4, 0.5) is 15.8 Å². The van der Waals surface area contributed by atoms with E-state index in [-0.39, 0.29) is 11.3 Å². The Morgan fingerprint density at radius 2 is 1.95 bits per heavy atom. The van der Waals surface area contributed by atoms with Gasteiger partial charge in [-0.2, -0.15) is 0 Å². The molecule has 0 unspecified atom stereocenters. The fourth-order valence-corrected chi connectivity index (χ4v) is 1.64. The standard InChI is InChI=1S/C14H12FNO3/c1-19-13-6-5-11(8-12(13)15)16-10-4-2-3-9(7-10)14(17)18/h2-8,16H,1H3,(H,17,18). The molecule has 98 valence electrons. The predicted molar refractivity (Wildman–Crippen MR) is 69.6 cm³/mol. The fourth-order valence-electron chi connectivity index (χ4n) is 1.64. The lowest BCUT2D eigenvalue weighted by atomic mass is 10.2. The number of nitrogens with one attached hydrogen (secondary N) is 1. The number of hydrogen-bond donors (Lipinski definition) is 2. The second-order valence-electron chi connectivity index (χ2n) is 3.86. The van der Waals surface area contributed by atoms with E-state index in [0.29, 0.717) is 11.4 Å². The highest BCUT2D eigenvalue weighted by atomic mass is 19.1. The number of ether oxygens (including phenoxy) is 1. The molecule has 19 heavy (non-hydrogen) atoms. The number of aromatic carboxylic acids is 1. The number of carboxylic acid groups (broad SMARTS) is 1. The van der Waals surface area contributed by atoms with Crippen LogP contribution in [0.5, 0.6) is 5.75 Å². The molecule has 0 aliphatic heterocycles. The van der Waals surface area contributed by atoms with Gasteiger partial charge >= 0.3 is 5.97 Å². The highest BCUT2D eigenvalue weighted by Gasteiger charge is 2.06. The number of benzene rings is 2. The van der Waals surface area contributed by atoms with E-state index in [2.05, 4.69) is 5.32 Å². The summed E-state index contributed by atoms with van der Waals surface area (Å²) in [6.07, 6.45) is 0. The number of rotatable bonds is 4. The first-order valence-electron chi connectivity index (χ1n) is 5.54. The SMILES string of the molecule is COc1ccc(Nc2cccc(C(=O)O)c2)cc1F. The summed E-state index contributed by atoms with van der Waals surface area (Å²) >= 11 is 0. The smallest absolute Gasteiger partial charge is 0.335 e. The van der Waals surface area contributed by atoms with Crippen molar-refractivity contribution in [1.29, 1.82) is 0 Å². The van der Waals surface area contributed by atoms with Crippen LogP contribution < -0.4 is 10.1 Å². The molecule has 2 rings (SSSR count). The average molecular weight is 261 g/mol. The Bertz CT molecular complexity index is 613. The van der Waals surface area contributed by atoms with Crippen LogP contribution in [0.1, 0.15) is 10.4 Å². The molecule has 0 saturated heterocycles. The van der Waals surface area contributed by atoms with Gasteiger partial charge in [0.15, 0.2) is 11.6 Å². The van der Waals surface area contributed by atoms with Crippen LogP contribution in [0.3, 0.4) is 0 Å². The summed E-state index contributed by atoms with van der Waals surface area (Å²) in [4.78, 5) is 10.8. The van der Waals surface area contributed by atoms with E-state index in [1.165, 1.54) is 31.4 Å². The van der Waals surface area contributed by atoms with Crippen LogP contribution in [0.15, 0.2) is 42.5 Å². The number of halogens is 1. The van der Waals surface area contributed by atoms with E-state index in [1.807, 2.05) is 0 Å². The quantitative estimate of drug-likeness (QED) is 0.886. The third-order valence-electron chi connectivity index (χ3n) is 2.55. The highest BCUT2D eigenvalue weighted by molar-refractivity contribution is 5.89. The van der Waals surface area contributed by atoms with Crippen LogP contribution in [0.25, 0.3) is 0 Å². The van der Waals surface area contributed by atoms with Crippen LogP contribution >= 0.6 is 0 Å². The van der Waals surface area contributed by atoms with Crippen LogP contribution in [0.2, 0.25) is 0 Å². The fraction of sp³-hybridized carbons (Fsp3) is 0.0714. The first kappa shape index (κ1) is 12.9. The van der Waals surface area contributed by atoms with Gasteiger partial charge in [0.25, 0.3) is 0 Å². The largest absolute Gasteiger partial charge is 0.494 e. The molecule has 2 aromatic carbocycles. The molecule has 0 fully saturated rings. The van der Waals surface area contributed by atoms with Gasteiger partial charge in [-0.1, -0.05) is 6.07 Å². The summed E-state index contributed by atoms with van der Waals surface area (Å²) in [6, 6.07) is 10.7. The topological polar surface area (TPSA) is 58.6 Å². The van der Waals surface area contributed by atoms with Crippen LogP contribution in [0, 0.1) is 5.82 Å². The Kier molecular flexibility index (Phi) is 3.66. The van der Waals surface area contributed by atoms with Crippen molar-refractivity contribution in [2.45, 2.75) is 0 Å². The van der Waals surface area contributed by atoms with Crippen LogP contribution in [-0.4, -0.2) is 18.2 Å². The van der Waals surface area contributed by atoms with Crippen molar-refractivity contribution in [2.75, 3.05) is 12.4 Å². The number of hydrogen-bond acceptors (Lipinski definition) is 3. The molecule has 0 heterocycles. The number of anilines is 2. The third-order valence-corrected chi connectivity index (χ3v) is 2.55. The summed E-state index contributed by atoms with van der Waals surface area (Å²) in [6.45, 7) is 0. The van der Waals surface area contributed by atoms with Crippen molar-refractivity contribution in [3.8, 4) is 5.75 Å². The maximum atomic E-state index is 13.5. The molecular formula is C14H12FNO3. The van der Waals surface area contributed by atoms with Crippen molar-refractivity contribution < 1.29 is 19.0 Å². The molecule has 4 nitrogen and oxygen atoms in total. The van der Waals surface area contributed by atoms with E-state index >= 15 is 0 Å². The van der Waals surface area contributed by atoms with Gasteiger partial charge < -0.3 is 15.2 Å². The number of carboxylic acids is 1. The lowest BCUT2D eigenvalue weighted by molar-refractivity contribution is 0.0697. The Morgan fingerprint density at radius 3 is 2.58 bits per heavy atom. The molecular weight excluding hydrogens is 249 g/mol. The molecule has 0 bridgehead atoms. The van der Waals surface area contributed by atoms with Gasteiger partial charge in [-0.05, 0) is 30.3 Å². The van der Waals surface area contributed by atoms with Gasteiger partial charge in [0.1, 0.15) is 0 Å². The zero-order chi connectivity index (χ0) is 13.8. The molecule has 0 saturated carbocycles. The second-order valence-corrected chi connectivity index (χ2v) is 3.86. The Balaban J connectivity index is 2.23. The highest BCUT2D eigenvalue weighted by Crippen LogP contribution is 2.23. The predicted octanol–water partition coefficient (Wildman–Crippen LogP) is 3.28. The van der Waals surface area contributed by atoms with Gasteiger partial charge in [0.2, 0.25) is 0 Å². The molecule has 0 amide bonds. The van der Waals surface area contributed by atoms with E-state index in [1.54, 1.807) is 18.2 Å². The molecule has 0 aromatic heterocycles. The van der Waals surface area contributed by atoms with Gasteiger partial charge in [-0.15, -0.1) is 0 Å². The van der Waals surface area contributed by atoms with Gasteiger partial charge in [-0.25, -0.2) is 9.18 Å². The Morgan fingerprint density at radius 1 is 1.21 bits per heavy atom. The number of methoxy groups -OCH3 is 1. The minimum atomic E-state index is -1.01. The second kappa shape index (κ2) is 5.39. The average Bonchev–Trinajstić information content (AvgIpc) is 2.39. The minimum Gasteiger partial charge on any atom is -0.494 e. The van der Waals surface area contributed by atoms with E-state index in [9.17, 15) is 9.18 Å². The molecule has 0 spiro atoms. The van der Waals surface area contributed by atoms with E-state index in [4.69, 9.17) is 9.84 Å². The maximum absolute atomic E-state index is 13.5. The molecule has 2 N–H and O–H groups in total. The van der Waals surface area contributed by atoms with Crippen molar-refractivity contribution in [3.63, 3.8) is 0 Å².